The molecule has 4 nitrogen and oxygen atoms in total. The maximum Gasteiger partial charge on any atom is 0.306 e. The van der Waals surface area contributed by atoms with Gasteiger partial charge < -0.3 is 10.4 Å². The summed E-state index contributed by atoms with van der Waals surface area (Å²) >= 11 is 4.10. The first-order chi connectivity index (χ1) is 9.02. The summed E-state index contributed by atoms with van der Waals surface area (Å²) in [6, 6.07) is 7.27. The van der Waals surface area contributed by atoms with E-state index in [0.29, 0.717) is 18.6 Å². The maximum absolute atomic E-state index is 11.1. The zero-order valence-corrected chi connectivity index (χ0v) is 11.8. The number of anilines is 1. The predicted molar refractivity (Wildman–Crippen MR) is 78.7 cm³/mol. The average Bonchev–Trinajstić information content (AvgIpc) is 2.35. The van der Waals surface area contributed by atoms with Crippen LogP contribution in [0.1, 0.15) is 25.3 Å². The quantitative estimate of drug-likeness (QED) is 0.673. The first-order valence-electron chi connectivity index (χ1n) is 6.23. The van der Waals surface area contributed by atoms with Gasteiger partial charge in [0.25, 0.3) is 0 Å². The molecule has 1 unspecified atom stereocenters. The Kier molecular flexibility index (Phi) is 6.42. The summed E-state index contributed by atoms with van der Waals surface area (Å²) in [5.74, 6) is -0.568. The summed E-state index contributed by atoms with van der Waals surface area (Å²) in [4.78, 5) is 22.0. The van der Waals surface area contributed by atoms with Crippen molar-refractivity contribution in [3.63, 3.8) is 0 Å². The number of rotatable bonds is 7. The van der Waals surface area contributed by atoms with Gasteiger partial charge in [0.1, 0.15) is 0 Å². The molecule has 0 fully saturated rings. The minimum atomic E-state index is -0.771. The fraction of sp³-hybridized carbons (Fsp3) is 0.429. The minimum Gasteiger partial charge on any atom is -0.481 e. The molecule has 19 heavy (non-hydrogen) atoms. The first-order valence-corrected chi connectivity index (χ1v) is 6.86. The van der Waals surface area contributed by atoms with Crippen LogP contribution in [0.5, 0.6) is 0 Å². The van der Waals surface area contributed by atoms with Crippen molar-refractivity contribution < 1.29 is 14.7 Å². The van der Waals surface area contributed by atoms with Gasteiger partial charge in [-0.15, -0.1) is 0 Å². The highest BCUT2D eigenvalue weighted by molar-refractivity contribution is 7.80. The number of carbonyl (C=O) groups is 2. The van der Waals surface area contributed by atoms with E-state index < -0.39 is 5.97 Å². The Balaban J connectivity index is 2.64. The lowest BCUT2D eigenvalue weighted by atomic mass is 9.95. The Bertz CT molecular complexity index is 431. The number of hydrogen-bond acceptors (Lipinski definition) is 3. The second-order valence-corrected chi connectivity index (χ2v) is 4.93. The van der Waals surface area contributed by atoms with Gasteiger partial charge in [-0.3, -0.25) is 9.59 Å². The zero-order chi connectivity index (χ0) is 14.3. The van der Waals surface area contributed by atoms with Crippen LogP contribution in [0.4, 0.5) is 5.69 Å². The van der Waals surface area contributed by atoms with Crippen molar-refractivity contribution in [1.29, 1.82) is 0 Å². The molecular weight excluding hydrogens is 262 g/mol. The first kappa shape index (κ1) is 15.6. The van der Waals surface area contributed by atoms with Crippen molar-refractivity contribution in [3.8, 4) is 0 Å². The third-order valence-corrected chi connectivity index (χ3v) is 3.13. The molecule has 1 atom stereocenters. The summed E-state index contributed by atoms with van der Waals surface area (Å²) in [6.45, 7) is 1.45. The van der Waals surface area contributed by atoms with Gasteiger partial charge in [-0.05, 0) is 42.7 Å². The molecule has 0 spiro atoms. The maximum atomic E-state index is 11.1. The molecule has 0 aromatic heterocycles. The van der Waals surface area contributed by atoms with E-state index in [-0.39, 0.29) is 11.8 Å². The van der Waals surface area contributed by atoms with Crippen molar-refractivity contribution in [3.05, 3.63) is 29.8 Å². The number of aliphatic carboxylic acids is 1. The molecule has 0 aliphatic rings. The highest BCUT2D eigenvalue weighted by Gasteiger charge is 2.17. The zero-order valence-electron chi connectivity index (χ0n) is 10.9. The molecule has 1 amide bonds. The molecule has 0 radical (unpaired) electrons. The van der Waals surface area contributed by atoms with E-state index in [9.17, 15) is 9.59 Å². The van der Waals surface area contributed by atoms with E-state index in [1.807, 2.05) is 12.1 Å². The number of amides is 1. The molecule has 0 bridgehead atoms. The molecule has 0 saturated carbocycles. The highest BCUT2D eigenvalue weighted by atomic mass is 32.1. The predicted octanol–water partition coefficient (Wildman–Crippen LogP) is 2.60. The van der Waals surface area contributed by atoms with Crippen LogP contribution in [0, 0.1) is 5.92 Å². The number of carboxylic acids is 1. The highest BCUT2D eigenvalue weighted by Crippen LogP contribution is 2.17. The molecule has 1 aromatic rings. The molecule has 104 valence electrons. The van der Waals surface area contributed by atoms with Crippen molar-refractivity contribution in [2.45, 2.75) is 26.2 Å². The monoisotopic (exact) mass is 281 g/mol. The van der Waals surface area contributed by atoms with Crippen molar-refractivity contribution in [1.82, 2.24) is 0 Å². The van der Waals surface area contributed by atoms with Gasteiger partial charge in [-0.2, -0.15) is 12.6 Å². The molecule has 0 aliphatic heterocycles. The standard InChI is InChI=1S/C14H19NO3S/c1-10(16)15-13-6-4-11(5-7-13)9-12(14(17)18)3-2-8-19/h4-7,12,19H,2-3,8-9H2,1H3,(H,15,16)(H,17,18). The molecule has 0 saturated heterocycles. The van der Waals surface area contributed by atoms with E-state index >= 15 is 0 Å². The van der Waals surface area contributed by atoms with Gasteiger partial charge in [0.05, 0.1) is 5.92 Å². The number of thiol groups is 1. The van der Waals surface area contributed by atoms with Crippen molar-refractivity contribution in [2.75, 3.05) is 11.1 Å². The fourth-order valence-electron chi connectivity index (χ4n) is 1.86. The van der Waals surface area contributed by atoms with Gasteiger partial charge in [0.15, 0.2) is 0 Å². The summed E-state index contributed by atoms with van der Waals surface area (Å²) in [6.07, 6.45) is 1.93. The fourth-order valence-corrected chi connectivity index (χ4v) is 2.05. The second-order valence-electron chi connectivity index (χ2n) is 4.48. The van der Waals surface area contributed by atoms with E-state index in [1.165, 1.54) is 6.92 Å². The van der Waals surface area contributed by atoms with Crippen LogP contribution in [-0.4, -0.2) is 22.7 Å². The van der Waals surface area contributed by atoms with Crippen LogP contribution in [0.25, 0.3) is 0 Å². The minimum absolute atomic E-state index is 0.120. The Morgan fingerprint density at radius 3 is 2.42 bits per heavy atom. The number of carboxylic acid groups (broad SMARTS) is 1. The van der Waals surface area contributed by atoms with Crippen LogP contribution in [0.2, 0.25) is 0 Å². The Morgan fingerprint density at radius 1 is 1.32 bits per heavy atom. The van der Waals surface area contributed by atoms with Gasteiger partial charge >= 0.3 is 5.97 Å². The lowest BCUT2D eigenvalue weighted by molar-refractivity contribution is -0.141. The molecule has 1 rings (SSSR count). The third kappa shape index (κ3) is 5.79. The lowest BCUT2D eigenvalue weighted by Crippen LogP contribution is -2.16. The molecule has 5 heteroatoms. The van der Waals surface area contributed by atoms with E-state index in [0.717, 1.165) is 17.7 Å². The molecular formula is C14H19NO3S. The third-order valence-electron chi connectivity index (χ3n) is 2.82. The van der Waals surface area contributed by atoms with Gasteiger partial charge in [0, 0.05) is 12.6 Å². The summed E-state index contributed by atoms with van der Waals surface area (Å²) in [5.41, 5.74) is 1.68. The smallest absolute Gasteiger partial charge is 0.306 e. The van der Waals surface area contributed by atoms with Gasteiger partial charge in [0.2, 0.25) is 5.91 Å². The average molecular weight is 281 g/mol. The van der Waals surface area contributed by atoms with Gasteiger partial charge in [-0.25, -0.2) is 0 Å². The number of hydrogen-bond donors (Lipinski definition) is 3. The van der Waals surface area contributed by atoms with Crippen molar-refractivity contribution >= 4 is 30.2 Å². The number of carbonyl (C=O) groups excluding carboxylic acids is 1. The molecule has 2 N–H and O–H groups in total. The lowest BCUT2D eigenvalue weighted by Gasteiger charge is -2.12. The number of nitrogens with one attached hydrogen (secondary N) is 1. The Morgan fingerprint density at radius 2 is 1.95 bits per heavy atom. The number of benzene rings is 1. The molecule has 0 aliphatic carbocycles. The van der Waals surface area contributed by atoms with Crippen LogP contribution < -0.4 is 5.32 Å². The second kappa shape index (κ2) is 7.84. The topological polar surface area (TPSA) is 66.4 Å². The SMILES string of the molecule is CC(=O)Nc1ccc(CC(CCCS)C(=O)O)cc1. The normalized spacial score (nSPS) is 11.9. The van der Waals surface area contributed by atoms with Crippen molar-refractivity contribution in [2.24, 2.45) is 5.92 Å². The van der Waals surface area contributed by atoms with Crippen LogP contribution in [0.15, 0.2) is 24.3 Å². The molecule has 0 heterocycles. The van der Waals surface area contributed by atoms with E-state index in [2.05, 4.69) is 17.9 Å². The van der Waals surface area contributed by atoms with Gasteiger partial charge in [-0.1, -0.05) is 12.1 Å². The Labute approximate surface area is 118 Å². The Hall–Kier alpha value is -1.49. The van der Waals surface area contributed by atoms with Crippen LogP contribution >= 0.6 is 12.6 Å². The molecule has 1 aromatic carbocycles. The largest absolute Gasteiger partial charge is 0.481 e. The van der Waals surface area contributed by atoms with E-state index in [4.69, 9.17) is 5.11 Å². The summed E-state index contributed by atoms with van der Waals surface area (Å²) in [5, 5.41) is 11.8. The van der Waals surface area contributed by atoms with Crippen LogP contribution in [-0.2, 0) is 16.0 Å². The summed E-state index contributed by atoms with van der Waals surface area (Å²) in [7, 11) is 0. The summed E-state index contributed by atoms with van der Waals surface area (Å²) < 4.78 is 0. The van der Waals surface area contributed by atoms with Crippen LogP contribution in [0.3, 0.4) is 0 Å². The van der Waals surface area contributed by atoms with E-state index in [1.54, 1.807) is 12.1 Å².